The van der Waals surface area contributed by atoms with Crippen LogP contribution < -0.4 is 20.1 Å². The summed E-state index contributed by atoms with van der Waals surface area (Å²) >= 11 is 0. The Kier molecular flexibility index (Phi) is 8.23. The van der Waals surface area contributed by atoms with Crippen LogP contribution in [0, 0.1) is 0 Å². The molecular weight excluding hydrogens is 420 g/mol. The van der Waals surface area contributed by atoms with E-state index in [-0.39, 0.29) is 17.7 Å². The number of H-pyrrole nitrogens is 1. The number of benzene rings is 1. The lowest BCUT2D eigenvalue weighted by Crippen LogP contribution is -2.43. The number of hydrogen-bond donors (Lipinski definition) is 1. The Labute approximate surface area is 195 Å². The molecule has 33 heavy (non-hydrogen) atoms. The van der Waals surface area contributed by atoms with Crippen LogP contribution in [0.25, 0.3) is 0 Å². The van der Waals surface area contributed by atoms with Gasteiger partial charge in [-0.3, -0.25) is 9.78 Å². The van der Waals surface area contributed by atoms with Crippen molar-refractivity contribution in [1.82, 2.24) is 9.97 Å². The fraction of sp³-hybridized carbons (Fsp3) is 0.600. The van der Waals surface area contributed by atoms with Gasteiger partial charge >= 0.3 is 0 Å². The van der Waals surface area contributed by atoms with Crippen molar-refractivity contribution in [1.29, 1.82) is 0 Å². The second-order valence-electron chi connectivity index (χ2n) is 8.94. The van der Waals surface area contributed by atoms with Crippen LogP contribution in [0.2, 0.25) is 0 Å². The maximum Gasteiger partial charge on any atom is 0.254 e. The topological polar surface area (TPSA) is 79.9 Å². The molecule has 0 amide bonds. The molecule has 2 aromatic rings. The van der Waals surface area contributed by atoms with Crippen molar-refractivity contribution in [2.45, 2.75) is 51.2 Å². The van der Waals surface area contributed by atoms with E-state index in [1.807, 2.05) is 12.1 Å². The fourth-order valence-electron chi connectivity index (χ4n) is 4.66. The van der Waals surface area contributed by atoms with Crippen LogP contribution >= 0.6 is 0 Å². The van der Waals surface area contributed by atoms with Crippen LogP contribution in [0.1, 0.15) is 38.2 Å². The Morgan fingerprint density at radius 2 is 2.00 bits per heavy atom. The molecule has 2 fully saturated rings. The lowest BCUT2D eigenvalue weighted by atomic mass is 10.0. The summed E-state index contributed by atoms with van der Waals surface area (Å²) in [6.45, 7) is 6.23. The van der Waals surface area contributed by atoms with Gasteiger partial charge in [-0.1, -0.05) is 25.0 Å². The third kappa shape index (κ3) is 6.48. The Balaban J connectivity index is 1.51. The van der Waals surface area contributed by atoms with Gasteiger partial charge in [0.05, 0.1) is 19.3 Å². The second-order valence-corrected chi connectivity index (χ2v) is 8.94. The first kappa shape index (κ1) is 23.6. The third-order valence-electron chi connectivity index (χ3n) is 6.38. The van der Waals surface area contributed by atoms with Gasteiger partial charge in [0.15, 0.2) is 0 Å². The SMILES string of the molecule is COCCOc1ccc(C[C@@H]2CCCCCN2c2nc(N3CCO[C@H](C)C3)cc(=O)[nH]2)cc1. The number of ether oxygens (including phenoxy) is 3. The Morgan fingerprint density at radius 3 is 2.79 bits per heavy atom. The molecule has 8 heteroatoms. The molecule has 2 atom stereocenters. The van der Waals surface area contributed by atoms with Crippen molar-refractivity contribution < 1.29 is 14.2 Å². The van der Waals surface area contributed by atoms with Crippen molar-refractivity contribution >= 4 is 11.8 Å². The van der Waals surface area contributed by atoms with Gasteiger partial charge in [-0.2, -0.15) is 4.98 Å². The Hall–Kier alpha value is -2.58. The van der Waals surface area contributed by atoms with E-state index in [2.05, 4.69) is 33.8 Å². The number of methoxy groups -OCH3 is 1. The zero-order valence-electron chi connectivity index (χ0n) is 19.8. The maximum atomic E-state index is 12.6. The monoisotopic (exact) mass is 456 g/mol. The first-order chi connectivity index (χ1) is 16.1. The summed E-state index contributed by atoms with van der Waals surface area (Å²) < 4.78 is 16.4. The molecule has 180 valence electrons. The van der Waals surface area contributed by atoms with Gasteiger partial charge < -0.3 is 24.0 Å². The van der Waals surface area contributed by atoms with E-state index in [0.29, 0.717) is 25.8 Å². The summed E-state index contributed by atoms with van der Waals surface area (Å²) in [4.78, 5) is 25.0. The zero-order valence-corrected chi connectivity index (χ0v) is 19.8. The number of aromatic amines is 1. The molecule has 4 rings (SSSR count). The Morgan fingerprint density at radius 1 is 1.15 bits per heavy atom. The predicted molar refractivity (Wildman–Crippen MR) is 130 cm³/mol. The molecule has 0 aliphatic carbocycles. The molecule has 1 N–H and O–H groups in total. The van der Waals surface area contributed by atoms with Crippen LogP contribution in [0.3, 0.4) is 0 Å². The lowest BCUT2D eigenvalue weighted by molar-refractivity contribution is 0.0529. The highest BCUT2D eigenvalue weighted by Crippen LogP contribution is 2.26. The quantitative estimate of drug-likeness (QED) is 0.612. The molecule has 3 heterocycles. The minimum atomic E-state index is -0.102. The number of rotatable bonds is 8. The summed E-state index contributed by atoms with van der Waals surface area (Å²) in [5.74, 6) is 2.28. The van der Waals surface area contributed by atoms with Gasteiger partial charge in [0.1, 0.15) is 18.2 Å². The van der Waals surface area contributed by atoms with Crippen LogP contribution in [0.4, 0.5) is 11.8 Å². The molecule has 2 aliphatic rings. The van der Waals surface area contributed by atoms with E-state index in [0.717, 1.165) is 50.5 Å². The van der Waals surface area contributed by atoms with Gasteiger partial charge in [-0.15, -0.1) is 0 Å². The molecule has 8 nitrogen and oxygen atoms in total. The van der Waals surface area contributed by atoms with Crippen LogP contribution in [0.15, 0.2) is 35.1 Å². The summed E-state index contributed by atoms with van der Waals surface area (Å²) in [6, 6.07) is 10.2. The van der Waals surface area contributed by atoms with Crippen LogP contribution in [-0.2, 0) is 15.9 Å². The van der Waals surface area contributed by atoms with Gasteiger partial charge in [-0.25, -0.2) is 0 Å². The standard InChI is InChI=1S/C25H36N4O4/c1-19-18-28(12-13-32-19)23-17-24(30)27-25(26-23)29-11-5-3-4-6-21(29)16-20-7-9-22(10-8-20)33-15-14-31-2/h7-10,17,19,21H,3-6,11-16,18H2,1-2H3,(H,26,27,30)/t19-,21+/m1/s1. The van der Waals surface area contributed by atoms with E-state index < -0.39 is 0 Å². The molecule has 0 spiro atoms. The minimum absolute atomic E-state index is 0.102. The number of hydrogen-bond acceptors (Lipinski definition) is 7. The van der Waals surface area contributed by atoms with E-state index in [1.165, 1.54) is 18.4 Å². The fourth-order valence-corrected chi connectivity index (χ4v) is 4.66. The maximum absolute atomic E-state index is 12.6. The average molecular weight is 457 g/mol. The van der Waals surface area contributed by atoms with Gasteiger partial charge in [0.2, 0.25) is 5.95 Å². The number of nitrogens with one attached hydrogen (secondary N) is 1. The lowest BCUT2D eigenvalue weighted by Gasteiger charge is -2.34. The van der Waals surface area contributed by atoms with Crippen molar-refractivity contribution in [3.05, 3.63) is 46.2 Å². The minimum Gasteiger partial charge on any atom is -0.491 e. The normalized spacial score (nSPS) is 21.6. The van der Waals surface area contributed by atoms with Crippen LogP contribution in [-0.4, -0.2) is 68.7 Å². The third-order valence-corrected chi connectivity index (χ3v) is 6.38. The molecule has 0 bridgehead atoms. The van der Waals surface area contributed by atoms with Crippen molar-refractivity contribution in [3.8, 4) is 5.75 Å². The van der Waals surface area contributed by atoms with E-state index in [4.69, 9.17) is 19.2 Å². The Bertz CT molecular complexity index is 933. The predicted octanol–water partition coefficient (Wildman–Crippen LogP) is 3.01. The molecule has 0 radical (unpaired) electrons. The first-order valence-corrected chi connectivity index (χ1v) is 12.1. The largest absolute Gasteiger partial charge is 0.491 e. The summed E-state index contributed by atoms with van der Waals surface area (Å²) in [5.41, 5.74) is 1.15. The van der Waals surface area contributed by atoms with Crippen LogP contribution in [0.5, 0.6) is 5.75 Å². The number of nitrogens with zero attached hydrogens (tertiary/aromatic N) is 3. The summed E-state index contributed by atoms with van der Waals surface area (Å²) in [6.07, 6.45) is 5.60. The highest BCUT2D eigenvalue weighted by molar-refractivity contribution is 5.45. The summed E-state index contributed by atoms with van der Waals surface area (Å²) in [7, 11) is 1.67. The number of morpholine rings is 1. The van der Waals surface area contributed by atoms with Crippen molar-refractivity contribution in [2.24, 2.45) is 0 Å². The van der Waals surface area contributed by atoms with Gasteiger partial charge in [0, 0.05) is 38.9 Å². The highest BCUT2D eigenvalue weighted by atomic mass is 16.5. The summed E-state index contributed by atoms with van der Waals surface area (Å²) in [5, 5.41) is 0. The van der Waals surface area contributed by atoms with E-state index in [1.54, 1.807) is 13.2 Å². The zero-order chi connectivity index (χ0) is 23.0. The number of aromatic nitrogens is 2. The molecule has 2 saturated heterocycles. The molecule has 0 saturated carbocycles. The molecule has 0 unspecified atom stereocenters. The molecular formula is C25H36N4O4. The highest BCUT2D eigenvalue weighted by Gasteiger charge is 2.25. The average Bonchev–Trinajstić information content (AvgIpc) is 3.05. The smallest absolute Gasteiger partial charge is 0.254 e. The van der Waals surface area contributed by atoms with Crippen molar-refractivity contribution in [2.75, 3.05) is 56.4 Å². The van der Waals surface area contributed by atoms with Gasteiger partial charge in [0.25, 0.3) is 5.56 Å². The van der Waals surface area contributed by atoms with Gasteiger partial charge in [-0.05, 0) is 43.9 Å². The van der Waals surface area contributed by atoms with E-state index in [9.17, 15) is 4.79 Å². The first-order valence-electron chi connectivity index (χ1n) is 12.1. The molecule has 2 aliphatic heterocycles. The van der Waals surface area contributed by atoms with E-state index >= 15 is 0 Å². The second kappa shape index (κ2) is 11.5. The number of anilines is 2. The van der Waals surface area contributed by atoms with Crippen molar-refractivity contribution in [3.63, 3.8) is 0 Å². The molecule has 1 aromatic heterocycles. The molecule has 1 aromatic carbocycles.